The molecule has 29 heavy (non-hydrogen) atoms. The van der Waals surface area contributed by atoms with Gasteiger partial charge in [-0.15, -0.1) is 0 Å². The lowest BCUT2D eigenvalue weighted by Crippen LogP contribution is -2.46. The van der Waals surface area contributed by atoms with Crippen LogP contribution in [0.3, 0.4) is 0 Å². The van der Waals surface area contributed by atoms with E-state index in [1.165, 1.54) is 0 Å². The lowest BCUT2D eigenvalue weighted by atomic mass is 9.88. The SMILES string of the molecule is Cc1cc(C)c2c(c1C(=O)N1CCc3ccccc3C1C(N)=O)CC(C)(C)C2=O. The van der Waals surface area contributed by atoms with Gasteiger partial charge in [-0.1, -0.05) is 44.2 Å². The number of rotatable bonds is 2. The fourth-order valence-corrected chi connectivity index (χ4v) is 4.96. The number of ketones is 1. The van der Waals surface area contributed by atoms with Crippen LogP contribution < -0.4 is 5.73 Å². The Morgan fingerprint density at radius 3 is 2.52 bits per heavy atom. The van der Waals surface area contributed by atoms with E-state index in [1.807, 2.05) is 58.0 Å². The monoisotopic (exact) mass is 390 g/mol. The number of primary amides is 1. The fraction of sp³-hybridized carbons (Fsp3) is 0.375. The van der Waals surface area contributed by atoms with E-state index in [-0.39, 0.29) is 11.7 Å². The van der Waals surface area contributed by atoms with Gasteiger partial charge in [0.15, 0.2) is 5.78 Å². The summed E-state index contributed by atoms with van der Waals surface area (Å²) in [5.41, 5.74) is 10.8. The Kier molecular flexibility index (Phi) is 4.37. The van der Waals surface area contributed by atoms with Gasteiger partial charge < -0.3 is 10.6 Å². The average Bonchev–Trinajstić information content (AvgIpc) is 2.89. The Morgan fingerprint density at radius 2 is 1.83 bits per heavy atom. The number of nitrogens with two attached hydrogens (primary N) is 1. The molecule has 1 heterocycles. The van der Waals surface area contributed by atoms with Crippen LogP contribution in [-0.2, 0) is 17.6 Å². The number of Topliss-reactive ketones (excluding diaryl/α,β-unsaturated/α-hetero) is 1. The largest absolute Gasteiger partial charge is 0.368 e. The summed E-state index contributed by atoms with van der Waals surface area (Å²) >= 11 is 0. The molecule has 2 aromatic rings. The second-order valence-electron chi connectivity index (χ2n) is 8.88. The van der Waals surface area contributed by atoms with E-state index in [4.69, 9.17) is 5.73 Å². The van der Waals surface area contributed by atoms with Crippen molar-refractivity contribution in [2.45, 2.75) is 46.6 Å². The highest BCUT2D eigenvalue weighted by atomic mass is 16.2. The second kappa shape index (κ2) is 6.55. The van der Waals surface area contributed by atoms with Crippen molar-refractivity contribution >= 4 is 17.6 Å². The van der Waals surface area contributed by atoms with Crippen molar-refractivity contribution in [2.75, 3.05) is 6.54 Å². The maximum atomic E-state index is 13.7. The van der Waals surface area contributed by atoms with E-state index in [0.717, 1.165) is 27.8 Å². The van der Waals surface area contributed by atoms with Gasteiger partial charge >= 0.3 is 0 Å². The van der Waals surface area contributed by atoms with E-state index >= 15 is 0 Å². The van der Waals surface area contributed by atoms with Crippen molar-refractivity contribution in [2.24, 2.45) is 11.1 Å². The molecule has 1 atom stereocenters. The lowest BCUT2D eigenvalue weighted by molar-refractivity contribution is -0.123. The number of amides is 2. The first-order chi connectivity index (χ1) is 13.6. The van der Waals surface area contributed by atoms with Crippen LogP contribution in [0.1, 0.15) is 68.4 Å². The summed E-state index contributed by atoms with van der Waals surface area (Å²) in [6.07, 6.45) is 1.19. The maximum Gasteiger partial charge on any atom is 0.255 e. The Bertz CT molecular complexity index is 1070. The van der Waals surface area contributed by atoms with Crippen LogP contribution >= 0.6 is 0 Å². The Balaban J connectivity index is 1.85. The van der Waals surface area contributed by atoms with Gasteiger partial charge in [-0.2, -0.15) is 0 Å². The summed E-state index contributed by atoms with van der Waals surface area (Å²) < 4.78 is 0. The number of hydrogen-bond acceptors (Lipinski definition) is 3. The molecule has 2 aromatic carbocycles. The van der Waals surface area contributed by atoms with Gasteiger partial charge in [0.2, 0.25) is 5.91 Å². The van der Waals surface area contributed by atoms with Crippen LogP contribution in [0.5, 0.6) is 0 Å². The summed E-state index contributed by atoms with van der Waals surface area (Å²) in [5, 5.41) is 0. The van der Waals surface area contributed by atoms with Crippen molar-refractivity contribution in [3.05, 3.63) is 69.3 Å². The van der Waals surface area contributed by atoms with Gasteiger partial charge in [0.1, 0.15) is 6.04 Å². The molecule has 4 rings (SSSR count). The zero-order valence-electron chi connectivity index (χ0n) is 17.3. The molecule has 1 unspecified atom stereocenters. The zero-order chi connectivity index (χ0) is 21.1. The molecule has 1 aliphatic carbocycles. The Labute approximate surface area is 170 Å². The van der Waals surface area contributed by atoms with Crippen LogP contribution in [-0.4, -0.2) is 29.0 Å². The van der Waals surface area contributed by atoms with Gasteiger partial charge in [-0.25, -0.2) is 0 Å². The number of carbonyl (C=O) groups is 3. The minimum absolute atomic E-state index is 0.0782. The van der Waals surface area contributed by atoms with Crippen molar-refractivity contribution in [1.29, 1.82) is 0 Å². The van der Waals surface area contributed by atoms with Gasteiger partial charge in [-0.3, -0.25) is 14.4 Å². The molecule has 0 saturated heterocycles. The number of nitrogens with zero attached hydrogens (tertiary/aromatic N) is 1. The summed E-state index contributed by atoms with van der Waals surface area (Å²) in [7, 11) is 0. The van der Waals surface area contributed by atoms with Crippen LogP contribution in [0.2, 0.25) is 0 Å². The molecule has 150 valence electrons. The Morgan fingerprint density at radius 1 is 1.14 bits per heavy atom. The topological polar surface area (TPSA) is 80.5 Å². The molecule has 0 spiro atoms. The van der Waals surface area contributed by atoms with E-state index in [9.17, 15) is 14.4 Å². The molecule has 2 aliphatic rings. The average molecular weight is 390 g/mol. The molecule has 0 saturated carbocycles. The first kappa shape index (κ1) is 19.4. The molecule has 1 aliphatic heterocycles. The number of aryl methyl sites for hydroxylation is 2. The molecule has 5 nitrogen and oxygen atoms in total. The predicted octanol–water partition coefficient (Wildman–Crippen LogP) is 3.29. The summed E-state index contributed by atoms with van der Waals surface area (Å²) in [6.45, 7) is 8.07. The van der Waals surface area contributed by atoms with Crippen molar-refractivity contribution in [3.63, 3.8) is 0 Å². The van der Waals surface area contributed by atoms with Crippen molar-refractivity contribution < 1.29 is 14.4 Å². The van der Waals surface area contributed by atoms with Gasteiger partial charge in [0.05, 0.1) is 0 Å². The molecule has 0 radical (unpaired) electrons. The minimum atomic E-state index is -0.797. The first-order valence-corrected chi connectivity index (χ1v) is 9.99. The predicted molar refractivity (Wildman–Crippen MR) is 111 cm³/mol. The van der Waals surface area contributed by atoms with Crippen molar-refractivity contribution in [3.8, 4) is 0 Å². The molecule has 2 amide bonds. The van der Waals surface area contributed by atoms with E-state index in [0.29, 0.717) is 30.5 Å². The van der Waals surface area contributed by atoms with Crippen LogP contribution in [0, 0.1) is 19.3 Å². The standard InChI is InChI=1S/C24H26N2O3/c1-13-11-14(2)19(17-12-24(3,4)21(27)18(13)17)23(29)26-10-9-15-7-5-6-8-16(15)20(26)22(25)28/h5-8,11,20H,9-10,12H2,1-4H3,(H2,25,28). The van der Waals surface area contributed by atoms with Gasteiger partial charge in [-0.05, 0) is 54.5 Å². The van der Waals surface area contributed by atoms with Gasteiger partial charge in [0.25, 0.3) is 5.91 Å². The molecular weight excluding hydrogens is 364 g/mol. The molecule has 0 bridgehead atoms. The van der Waals surface area contributed by atoms with E-state index < -0.39 is 17.4 Å². The zero-order valence-corrected chi connectivity index (χ0v) is 17.3. The Hall–Kier alpha value is -2.95. The molecule has 5 heteroatoms. The molecule has 0 fully saturated rings. The lowest BCUT2D eigenvalue weighted by Gasteiger charge is -2.36. The molecule has 0 aromatic heterocycles. The summed E-state index contributed by atoms with van der Waals surface area (Å²) in [5.74, 6) is -0.680. The maximum absolute atomic E-state index is 13.7. The third-order valence-electron chi connectivity index (χ3n) is 6.31. The van der Waals surface area contributed by atoms with Crippen molar-refractivity contribution in [1.82, 2.24) is 4.90 Å². The van der Waals surface area contributed by atoms with Crippen LogP contribution in [0.25, 0.3) is 0 Å². The molecular formula is C24H26N2O3. The quantitative estimate of drug-likeness (QED) is 0.854. The van der Waals surface area contributed by atoms with E-state index in [1.54, 1.807) is 4.90 Å². The second-order valence-corrected chi connectivity index (χ2v) is 8.88. The van der Waals surface area contributed by atoms with Crippen LogP contribution in [0.15, 0.2) is 30.3 Å². The third kappa shape index (κ3) is 2.87. The van der Waals surface area contributed by atoms with Crippen LogP contribution in [0.4, 0.5) is 0 Å². The number of fused-ring (bicyclic) bond motifs is 2. The minimum Gasteiger partial charge on any atom is -0.368 e. The van der Waals surface area contributed by atoms with Gasteiger partial charge in [0, 0.05) is 23.1 Å². The van der Waals surface area contributed by atoms with E-state index in [2.05, 4.69) is 0 Å². The number of benzene rings is 2. The summed E-state index contributed by atoms with van der Waals surface area (Å²) in [6, 6.07) is 8.74. The summed E-state index contributed by atoms with van der Waals surface area (Å²) in [4.78, 5) is 40.6. The highest BCUT2D eigenvalue weighted by molar-refractivity contribution is 6.10. The fourth-order valence-electron chi connectivity index (χ4n) is 4.96. The highest BCUT2D eigenvalue weighted by Crippen LogP contribution is 2.42. The smallest absolute Gasteiger partial charge is 0.255 e. The highest BCUT2D eigenvalue weighted by Gasteiger charge is 2.43. The number of carbonyl (C=O) groups excluding carboxylic acids is 3. The third-order valence-corrected chi connectivity index (χ3v) is 6.31. The molecule has 2 N–H and O–H groups in total. The number of hydrogen-bond donors (Lipinski definition) is 1. The first-order valence-electron chi connectivity index (χ1n) is 9.99. The normalized spacial score (nSPS) is 19.7.